The molecule has 0 aliphatic carbocycles. The van der Waals surface area contributed by atoms with Gasteiger partial charge in [0.05, 0.1) is 11.0 Å². The van der Waals surface area contributed by atoms with Crippen LogP contribution in [0.3, 0.4) is 0 Å². The summed E-state index contributed by atoms with van der Waals surface area (Å²) in [7, 11) is 0. The van der Waals surface area contributed by atoms with Gasteiger partial charge in [0.1, 0.15) is 0 Å². The van der Waals surface area contributed by atoms with Gasteiger partial charge in [-0.15, -0.1) is 0 Å². The van der Waals surface area contributed by atoms with Gasteiger partial charge < -0.3 is 20.7 Å². The quantitative estimate of drug-likeness (QED) is 0.684. The lowest BCUT2D eigenvalue weighted by atomic mass is 10.1. The summed E-state index contributed by atoms with van der Waals surface area (Å²) >= 11 is 0. The number of nitrogens with one attached hydrogen (secondary N) is 3. The lowest BCUT2D eigenvalue weighted by Crippen LogP contribution is -2.40. The molecule has 0 saturated carbocycles. The number of halogens is 2. The predicted octanol–water partition coefficient (Wildman–Crippen LogP) is 2.64. The van der Waals surface area contributed by atoms with Gasteiger partial charge in [0.25, 0.3) is 6.43 Å². The number of amides is 2. The van der Waals surface area contributed by atoms with Crippen molar-refractivity contribution in [3.63, 3.8) is 0 Å². The number of urea groups is 1. The standard InChI is InChI=1S/C14H18F2N4O2/c1-7(6-21)8(2)17-14(22)18-9-3-4-10-11(5-9)20-13(19-10)12(15)16/h3-5,7-8,12,21H,6H2,1-2H3,(H,19,20)(H2,17,18,22). The van der Waals surface area contributed by atoms with E-state index in [9.17, 15) is 13.6 Å². The molecule has 8 heteroatoms. The average Bonchev–Trinajstić information content (AvgIpc) is 2.89. The summed E-state index contributed by atoms with van der Waals surface area (Å²) in [6.45, 7) is 3.57. The first-order valence-corrected chi connectivity index (χ1v) is 6.87. The minimum atomic E-state index is -2.67. The number of aromatic nitrogens is 2. The lowest BCUT2D eigenvalue weighted by molar-refractivity contribution is 0.142. The van der Waals surface area contributed by atoms with Crippen molar-refractivity contribution in [2.24, 2.45) is 5.92 Å². The zero-order valence-electron chi connectivity index (χ0n) is 12.2. The number of carbonyl (C=O) groups is 1. The summed E-state index contributed by atoms with van der Waals surface area (Å²) in [4.78, 5) is 18.1. The number of H-pyrrole nitrogens is 1. The van der Waals surface area contributed by atoms with Crippen molar-refractivity contribution in [3.8, 4) is 0 Å². The lowest BCUT2D eigenvalue weighted by Gasteiger charge is -2.19. The molecule has 0 fully saturated rings. The third kappa shape index (κ3) is 3.70. The van der Waals surface area contributed by atoms with E-state index in [0.717, 1.165) is 0 Å². The van der Waals surface area contributed by atoms with Crippen LogP contribution >= 0.6 is 0 Å². The number of imidazole rings is 1. The highest BCUT2D eigenvalue weighted by atomic mass is 19.3. The van der Waals surface area contributed by atoms with Gasteiger partial charge in [-0.05, 0) is 31.0 Å². The smallest absolute Gasteiger partial charge is 0.319 e. The molecule has 2 aromatic rings. The molecule has 1 aromatic carbocycles. The molecule has 1 heterocycles. The Kier molecular flexibility index (Phi) is 4.92. The molecule has 6 nitrogen and oxygen atoms in total. The number of anilines is 1. The van der Waals surface area contributed by atoms with Crippen LogP contribution in [0, 0.1) is 5.92 Å². The van der Waals surface area contributed by atoms with E-state index in [1.807, 2.05) is 6.92 Å². The highest BCUT2D eigenvalue weighted by Crippen LogP contribution is 2.22. The predicted molar refractivity (Wildman–Crippen MR) is 78.9 cm³/mol. The highest BCUT2D eigenvalue weighted by Gasteiger charge is 2.15. The number of aliphatic hydroxyl groups is 1. The van der Waals surface area contributed by atoms with Crippen molar-refractivity contribution in [2.75, 3.05) is 11.9 Å². The second-order valence-corrected chi connectivity index (χ2v) is 5.20. The molecule has 0 aliphatic heterocycles. The number of aliphatic hydroxyl groups excluding tert-OH is 1. The number of hydrogen-bond acceptors (Lipinski definition) is 3. The maximum absolute atomic E-state index is 12.6. The van der Waals surface area contributed by atoms with Crippen LogP contribution in [0.1, 0.15) is 26.1 Å². The molecule has 0 radical (unpaired) electrons. The van der Waals surface area contributed by atoms with Gasteiger partial charge in [-0.25, -0.2) is 18.6 Å². The summed E-state index contributed by atoms with van der Waals surface area (Å²) < 4.78 is 25.1. The maximum Gasteiger partial charge on any atom is 0.319 e. The normalized spacial score (nSPS) is 14.1. The Balaban J connectivity index is 2.06. The van der Waals surface area contributed by atoms with Crippen LogP contribution in [0.5, 0.6) is 0 Å². The van der Waals surface area contributed by atoms with E-state index in [2.05, 4.69) is 20.6 Å². The second kappa shape index (κ2) is 6.69. The zero-order chi connectivity index (χ0) is 16.3. The summed E-state index contributed by atoms with van der Waals surface area (Å²) in [5.74, 6) is -0.476. The van der Waals surface area contributed by atoms with E-state index in [0.29, 0.717) is 16.7 Å². The number of rotatable bonds is 5. The fourth-order valence-electron chi connectivity index (χ4n) is 1.88. The van der Waals surface area contributed by atoms with Crippen LogP contribution in [0.4, 0.5) is 19.3 Å². The van der Waals surface area contributed by atoms with Gasteiger partial charge in [0.2, 0.25) is 0 Å². The van der Waals surface area contributed by atoms with Gasteiger partial charge in [-0.3, -0.25) is 0 Å². The van der Waals surface area contributed by atoms with Crippen LogP contribution in [-0.2, 0) is 0 Å². The molecule has 2 rings (SSSR count). The Labute approximate surface area is 125 Å². The van der Waals surface area contributed by atoms with E-state index in [1.54, 1.807) is 19.1 Å². The van der Waals surface area contributed by atoms with Crippen molar-refractivity contribution >= 4 is 22.8 Å². The van der Waals surface area contributed by atoms with E-state index in [4.69, 9.17) is 5.11 Å². The van der Waals surface area contributed by atoms with E-state index >= 15 is 0 Å². The van der Waals surface area contributed by atoms with Crippen molar-refractivity contribution < 1.29 is 18.7 Å². The highest BCUT2D eigenvalue weighted by molar-refractivity contribution is 5.92. The molecule has 1 aromatic heterocycles. The van der Waals surface area contributed by atoms with Crippen LogP contribution < -0.4 is 10.6 Å². The summed E-state index contributed by atoms with van der Waals surface area (Å²) in [5.41, 5.74) is 1.28. The molecule has 22 heavy (non-hydrogen) atoms. The molecule has 2 atom stereocenters. The number of alkyl halides is 2. The van der Waals surface area contributed by atoms with Gasteiger partial charge in [0, 0.05) is 18.3 Å². The minimum absolute atomic E-state index is 0.0298. The molecule has 0 bridgehead atoms. The fourth-order valence-corrected chi connectivity index (χ4v) is 1.88. The monoisotopic (exact) mass is 312 g/mol. The Morgan fingerprint density at radius 2 is 2.14 bits per heavy atom. The Hall–Kier alpha value is -2.22. The Morgan fingerprint density at radius 1 is 1.41 bits per heavy atom. The van der Waals surface area contributed by atoms with Gasteiger partial charge >= 0.3 is 6.03 Å². The molecule has 2 unspecified atom stereocenters. The summed E-state index contributed by atoms with van der Waals surface area (Å²) in [6.07, 6.45) is -2.67. The van der Waals surface area contributed by atoms with Crippen molar-refractivity contribution in [2.45, 2.75) is 26.3 Å². The minimum Gasteiger partial charge on any atom is -0.396 e. The zero-order valence-corrected chi connectivity index (χ0v) is 12.2. The molecule has 0 aliphatic rings. The molecular formula is C14H18F2N4O2. The molecule has 120 valence electrons. The summed E-state index contributed by atoms with van der Waals surface area (Å²) in [6, 6.07) is 4.03. The Morgan fingerprint density at radius 3 is 2.77 bits per heavy atom. The largest absolute Gasteiger partial charge is 0.396 e. The second-order valence-electron chi connectivity index (χ2n) is 5.20. The first-order chi connectivity index (χ1) is 10.4. The van der Waals surface area contributed by atoms with Gasteiger partial charge in [-0.1, -0.05) is 6.92 Å². The maximum atomic E-state index is 12.6. The van der Waals surface area contributed by atoms with Crippen LogP contribution in [0.25, 0.3) is 11.0 Å². The first kappa shape index (κ1) is 16.2. The van der Waals surface area contributed by atoms with Crippen LogP contribution in [0.15, 0.2) is 18.2 Å². The first-order valence-electron chi connectivity index (χ1n) is 6.87. The summed E-state index contributed by atoms with van der Waals surface area (Å²) in [5, 5.41) is 14.3. The van der Waals surface area contributed by atoms with Crippen LogP contribution in [0.2, 0.25) is 0 Å². The van der Waals surface area contributed by atoms with E-state index in [-0.39, 0.29) is 18.6 Å². The number of hydrogen-bond donors (Lipinski definition) is 4. The van der Waals surface area contributed by atoms with Crippen LogP contribution in [-0.4, -0.2) is 33.8 Å². The number of benzene rings is 1. The SMILES string of the molecule is CC(CO)C(C)NC(=O)Nc1ccc2nc(C(F)F)[nH]c2c1. The third-order valence-corrected chi connectivity index (χ3v) is 3.47. The molecular weight excluding hydrogens is 294 g/mol. The van der Waals surface area contributed by atoms with Crippen molar-refractivity contribution in [1.29, 1.82) is 0 Å². The van der Waals surface area contributed by atoms with E-state index in [1.165, 1.54) is 6.07 Å². The molecule has 4 N–H and O–H groups in total. The number of nitrogens with zero attached hydrogens (tertiary/aromatic N) is 1. The molecule has 0 spiro atoms. The number of fused-ring (bicyclic) bond motifs is 1. The van der Waals surface area contributed by atoms with Gasteiger partial charge in [0.15, 0.2) is 5.82 Å². The molecule has 2 amide bonds. The number of aromatic amines is 1. The number of carbonyl (C=O) groups excluding carboxylic acids is 1. The fraction of sp³-hybridized carbons (Fsp3) is 0.429. The Bertz CT molecular complexity index is 659. The topological polar surface area (TPSA) is 90.0 Å². The molecule has 0 saturated heterocycles. The average molecular weight is 312 g/mol. The third-order valence-electron chi connectivity index (χ3n) is 3.47. The van der Waals surface area contributed by atoms with Gasteiger partial charge in [-0.2, -0.15) is 0 Å². The van der Waals surface area contributed by atoms with Crippen molar-refractivity contribution in [1.82, 2.24) is 15.3 Å². The van der Waals surface area contributed by atoms with E-state index < -0.39 is 18.3 Å². The van der Waals surface area contributed by atoms with Crippen molar-refractivity contribution in [3.05, 3.63) is 24.0 Å².